The molecule has 0 aromatic heterocycles. The topological polar surface area (TPSA) is 130 Å². The molecule has 32 heavy (non-hydrogen) atoms. The van der Waals surface area contributed by atoms with Gasteiger partial charge in [-0.2, -0.15) is 0 Å². The molecule has 3 N–H and O–H groups in total. The van der Waals surface area contributed by atoms with Crippen molar-refractivity contribution in [3.63, 3.8) is 0 Å². The van der Waals surface area contributed by atoms with Crippen molar-refractivity contribution in [2.24, 2.45) is 28.1 Å². The van der Waals surface area contributed by atoms with Gasteiger partial charge in [0, 0.05) is 37.2 Å². The Bertz CT molecular complexity index is 894. The Balaban J connectivity index is 2.00. The molecule has 0 aromatic rings. The van der Waals surface area contributed by atoms with Gasteiger partial charge in [0.15, 0.2) is 5.78 Å². The van der Waals surface area contributed by atoms with Gasteiger partial charge in [0.25, 0.3) is 0 Å². The molecule has 0 amide bonds. The molecule has 9 atom stereocenters. The van der Waals surface area contributed by atoms with E-state index in [9.17, 15) is 29.7 Å². The van der Waals surface area contributed by atoms with E-state index in [1.54, 1.807) is 0 Å². The molecule has 4 saturated carbocycles. The first-order valence-corrected chi connectivity index (χ1v) is 11.3. The minimum atomic E-state index is -2.00. The zero-order valence-corrected chi connectivity index (χ0v) is 19.4. The van der Waals surface area contributed by atoms with Gasteiger partial charge in [-0.15, -0.1) is 0 Å². The van der Waals surface area contributed by atoms with E-state index in [2.05, 4.69) is 20.4 Å². The number of hydrogen-bond acceptors (Lipinski definition) is 8. The molecule has 1 spiro atoms. The van der Waals surface area contributed by atoms with Gasteiger partial charge in [-0.1, -0.05) is 27.4 Å². The largest absolute Gasteiger partial charge is 0.462 e. The maximum Gasteiger partial charge on any atom is 0.302 e. The number of Topliss-reactive ketones (excluding diaryl/α,β-unsaturated/α-hetero) is 1. The summed E-state index contributed by atoms with van der Waals surface area (Å²) in [7, 11) is 0. The van der Waals surface area contributed by atoms with Crippen molar-refractivity contribution in [1.29, 1.82) is 0 Å². The SMILES string of the molecule is C=C1C(=O)C23C(C(OC(C)=O)C[C@]1(O)C2O)[C@@]1(C)[C@H](C[C@H]3O)C(C)(C)CC[C@H]1OC(C)=O. The van der Waals surface area contributed by atoms with Crippen molar-refractivity contribution in [2.45, 2.75) is 90.3 Å². The molecular formula is C24H34O8. The lowest BCUT2D eigenvalue weighted by atomic mass is 9.38. The average molecular weight is 451 g/mol. The highest BCUT2D eigenvalue weighted by Gasteiger charge is 2.81. The van der Waals surface area contributed by atoms with Gasteiger partial charge >= 0.3 is 11.9 Å². The van der Waals surface area contributed by atoms with Gasteiger partial charge in [0.2, 0.25) is 0 Å². The summed E-state index contributed by atoms with van der Waals surface area (Å²) in [4.78, 5) is 37.8. The molecule has 4 rings (SSSR count). The lowest BCUT2D eigenvalue weighted by molar-refractivity contribution is -0.294. The standard InChI is InChI=1S/C24H34O8/c1-11-19(28)24-16(27)9-15-21(4,5)8-7-17(32-13(3)26)22(15,6)18(24)14(31-12(2)25)10-23(11,30)20(24)29/h14-18,20,27,29-30H,1,7-10H2,2-6H3/t14?,15-,16-,17-,18?,20?,22+,23-,24?/m1/s1. The summed E-state index contributed by atoms with van der Waals surface area (Å²) in [6, 6.07) is 0. The molecule has 8 heteroatoms. The van der Waals surface area contributed by atoms with Crippen LogP contribution in [0.2, 0.25) is 0 Å². The molecule has 2 bridgehead atoms. The van der Waals surface area contributed by atoms with Crippen LogP contribution in [0.3, 0.4) is 0 Å². The van der Waals surface area contributed by atoms with Crippen molar-refractivity contribution in [2.75, 3.05) is 0 Å². The van der Waals surface area contributed by atoms with E-state index in [-0.39, 0.29) is 29.7 Å². The number of ketones is 1. The van der Waals surface area contributed by atoms with E-state index in [1.165, 1.54) is 13.8 Å². The van der Waals surface area contributed by atoms with Crippen LogP contribution in [0, 0.1) is 28.1 Å². The monoisotopic (exact) mass is 450 g/mol. The minimum Gasteiger partial charge on any atom is -0.462 e. The van der Waals surface area contributed by atoms with Crippen molar-refractivity contribution >= 4 is 17.7 Å². The van der Waals surface area contributed by atoms with Gasteiger partial charge < -0.3 is 24.8 Å². The molecule has 0 radical (unpaired) electrons. The first-order valence-electron chi connectivity index (χ1n) is 11.3. The molecular weight excluding hydrogens is 416 g/mol. The van der Waals surface area contributed by atoms with Crippen LogP contribution in [0.4, 0.5) is 0 Å². The summed E-state index contributed by atoms with van der Waals surface area (Å²) in [5.74, 6) is -2.74. The summed E-state index contributed by atoms with van der Waals surface area (Å²) < 4.78 is 11.5. The molecule has 4 unspecified atom stereocenters. The number of carbonyl (C=O) groups is 3. The molecule has 4 aliphatic carbocycles. The fourth-order valence-electron chi connectivity index (χ4n) is 8.05. The zero-order valence-electron chi connectivity index (χ0n) is 19.4. The fourth-order valence-corrected chi connectivity index (χ4v) is 8.05. The molecule has 0 aromatic carbocycles. The van der Waals surface area contributed by atoms with Crippen LogP contribution in [-0.4, -0.2) is 63.1 Å². The van der Waals surface area contributed by atoms with Crippen LogP contribution >= 0.6 is 0 Å². The summed E-state index contributed by atoms with van der Waals surface area (Å²) in [5, 5.41) is 34.2. The van der Waals surface area contributed by atoms with Crippen molar-refractivity contribution in [3.8, 4) is 0 Å². The summed E-state index contributed by atoms with van der Waals surface area (Å²) in [6.07, 6.45) is -3.24. The van der Waals surface area contributed by atoms with Gasteiger partial charge in [0.1, 0.15) is 23.9 Å². The maximum atomic E-state index is 13.7. The number of esters is 2. The number of aliphatic hydroxyl groups is 3. The third-order valence-electron chi connectivity index (χ3n) is 9.24. The highest BCUT2D eigenvalue weighted by Crippen LogP contribution is 2.72. The first-order chi connectivity index (χ1) is 14.6. The number of aliphatic hydroxyl groups excluding tert-OH is 2. The lowest BCUT2D eigenvalue weighted by Gasteiger charge is -2.67. The van der Waals surface area contributed by atoms with Gasteiger partial charge in [-0.3, -0.25) is 14.4 Å². The van der Waals surface area contributed by atoms with Crippen LogP contribution in [0.15, 0.2) is 12.2 Å². The molecule has 8 nitrogen and oxygen atoms in total. The van der Waals surface area contributed by atoms with E-state index in [4.69, 9.17) is 9.47 Å². The Morgan fingerprint density at radius 1 is 1.09 bits per heavy atom. The van der Waals surface area contributed by atoms with E-state index in [0.29, 0.717) is 6.42 Å². The molecule has 4 fully saturated rings. The number of rotatable bonds is 2. The van der Waals surface area contributed by atoms with Crippen LogP contribution < -0.4 is 0 Å². The maximum absolute atomic E-state index is 13.7. The summed E-state index contributed by atoms with van der Waals surface area (Å²) in [5.41, 5.74) is -5.16. The highest BCUT2D eigenvalue weighted by atomic mass is 16.6. The number of fused-ring (bicyclic) bond motifs is 3. The fraction of sp³-hybridized carbons (Fsp3) is 0.792. The second kappa shape index (κ2) is 6.87. The normalized spacial score (nSPS) is 49.1. The summed E-state index contributed by atoms with van der Waals surface area (Å²) in [6.45, 7) is 12.4. The third kappa shape index (κ3) is 2.63. The Hall–Kier alpha value is -1.77. The van der Waals surface area contributed by atoms with Crippen molar-refractivity contribution < 1.29 is 39.2 Å². The Morgan fingerprint density at radius 2 is 1.69 bits per heavy atom. The predicted octanol–water partition coefficient (Wildman–Crippen LogP) is 1.29. The highest BCUT2D eigenvalue weighted by molar-refractivity contribution is 6.06. The molecule has 0 saturated heterocycles. The van der Waals surface area contributed by atoms with Crippen molar-refractivity contribution in [3.05, 3.63) is 12.2 Å². The van der Waals surface area contributed by atoms with E-state index in [0.717, 1.165) is 6.42 Å². The molecule has 0 heterocycles. The zero-order chi connectivity index (χ0) is 24.0. The Labute approximate surface area is 188 Å². The van der Waals surface area contributed by atoms with Gasteiger partial charge in [0.05, 0.1) is 11.5 Å². The van der Waals surface area contributed by atoms with E-state index in [1.807, 2.05) is 6.92 Å². The second-order valence-electron chi connectivity index (χ2n) is 11.2. The first kappa shape index (κ1) is 23.4. The van der Waals surface area contributed by atoms with Crippen molar-refractivity contribution in [1.82, 2.24) is 0 Å². The lowest BCUT2D eigenvalue weighted by Crippen LogP contribution is -2.75. The van der Waals surface area contributed by atoms with E-state index < -0.39 is 64.5 Å². The Morgan fingerprint density at radius 3 is 2.25 bits per heavy atom. The van der Waals surface area contributed by atoms with Gasteiger partial charge in [-0.25, -0.2) is 0 Å². The van der Waals surface area contributed by atoms with Crippen LogP contribution in [0.1, 0.15) is 60.3 Å². The smallest absolute Gasteiger partial charge is 0.302 e. The van der Waals surface area contributed by atoms with Gasteiger partial charge in [-0.05, 0) is 30.6 Å². The number of ether oxygens (including phenoxy) is 2. The molecule has 178 valence electrons. The van der Waals surface area contributed by atoms with E-state index >= 15 is 0 Å². The number of hydrogen-bond donors (Lipinski definition) is 3. The van der Waals surface area contributed by atoms with Crippen LogP contribution in [0.25, 0.3) is 0 Å². The Kier molecular flexibility index (Phi) is 5.02. The molecule has 4 aliphatic rings. The third-order valence-corrected chi connectivity index (χ3v) is 9.24. The van der Waals surface area contributed by atoms with Crippen LogP contribution in [-0.2, 0) is 23.9 Å². The predicted molar refractivity (Wildman–Crippen MR) is 112 cm³/mol. The summed E-state index contributed by atoms with van der Waals surface area (Å²) >= 11 is 0. The number of carbonyl (C=O) groups excluding carboxylic acids is 3. The van der Waals surface area contributed by atoms with Crippen LogP contribution in [0.5, 0.6) is 0 Å². The molecule has 0 aliphatic heterocycles. The second-order valence-corrected chi connectivity index (χ2v) is 11.2. The quantitative estimate of drug-likeness (QED) is 0.424. The average Bonchev–Trinajstić information content (AvgIpc) is 2.75. The minimum absolute atomic E-state index is 0.176.